The molecule has 27 heavy (non-hydrogen) atoms. The Labute approximate surface area is 179 Å². The van der Waals surface area contributed by atoms with E-state index in [1.54, 1.807) is 7.05 Å². The second kappa shape index (κ2) is 14.3. The number of para-hydroxylation sites is 1. The van der Waals surface area contributed by atoms with Crippen LogP contribution in [0, 0.1) is 0 Å². The molecule has 0 amide bonds. The highest BCUT2D eigenvalue weighted by atomic mass is 127. The molecule has 2 rings (SSSR count). The van der Waals surface area contributed by atoms with Gasteiger partial charge in [-0.3, -0.25) is 4.99 Å². The number of hydrogen-bond donors (Lipinski definition) is 2. The van der Waals surface area contributed by atoms with Crippen molar-refractivity contribution < 1.29 is 9.47 Å². The zero-order valence-corrected chi connectivity index (χ0v) is 18.4. The number of nitrogens with zero attached hydrogens (tertiary/aromatic N) is 1. The minimum absolute atomic E-state index is 0. The van der Waals surface area contributed by atoms with Crippen LogP contribution in [0.1, 0.15) is 24.5 Å². The normalized spacial score (nSPS) is 10.8. The fraction of sp³-hybridized carbons (Fsp3) is 0.381. The predicted molar refractivity (Wildman–Crippen MR) is 122 cm³/mol. The smallest absolute Gasteiger partial charge is 0.191 e. The minimum Gasteiger partial charge on any atom is -0.489 e. The van der Waals surface area contributed by atoms with Crippen molar-refractivity contribution in [1.82, 2.24) is 10.6 Å². The lowest BCUT2D eigenvalue weighted by atomic mass is 10.1. The van der Waals surface area contributed by atoms with Crippen molar-refractivity contribution >= 4 is 29.9 Å². The third kappa shape index (κ3) is 9.63. The molecule has 0 aliphatic heterocycles. The van der Waals surface area contributed by atoms with Gasteiger partial charge in [0.25, 0.3) is 0 Å². The first-order valence-electron chi connectivity index (χ1n) is 9.09. The molecule has 0 saturated carbocycles. The van der Waals surface area contributed by atoms with Gasteiger partial charge in [-0.1, -0.05) is 42.5 Å². The topological polar surface area (TPSA) is 54.9 Å². The number of aliphatic imine (C=N–C) groups is 1. The first kappa shape index (κ1) is 23.2. The highest BCUT2D eigenvalue weighted by Gasteiger charge is 2.00. The molecule has 0 unspecified atom stereocenters. The van der Waals surface area contributed by atoms with Crippen LogP contribution < -0.4 is 15.4 Å². The summed E-state index contributed by atoms with van der Waals surface area (Å²) in [7, 11) is 1.78. The quantitative estimate of drug-likeness (QED) is 0.233. The van der Waals surface area contributed by atoms with Crippen molar-refractivity contribution in [2.45, 2.75) is 26.5 Å². The average Bonchev–Trinajstić information content (AvgIpc) is 2.70. The number of benzene rings is 2. The van der Waals surface area contributed by atoms with Gasteiger partial charge in [0.1, 0.15) is 12.4 Å². The number of hydrogen-bond acceptors (Lipinski definition) is 3. The van der Waals surface area contributed by atoms with Gasteiger partial charge in [0.05, 0.1) is 0 Å². The molecule has 0 aliphatic carbocycles. The molecule has 0 spiro atoms. The first-order valence-corrected chi connectivity index (χ1v) is 9.09. The van der Waals surface area contributed by atoms with E-state index in [0.29, 0.717) is 6.61 Å². The van der Waals surface area contributed by atoms with Crippen LogP contribution in [-0.4, -0.2) is 32.8 Å². The van der Waals surface area contributed by atoms with E-state index in [4.69, 9.17) is 9.47 Å². The van der Waals surface area contributed by atoms with E-state index in [9.17, 15) is 0 Å². The molecule has 0 heterocycles. The van der Waals surface area contributed by atoms with Gasteiger partial charge in [-0.2, -0.15) is 0 Å². The van der Waals surface area contributed by atoms with E-state index < -0.39 is 0 Å². The lowest BCUT2D eigenvalue weighted by molar-refractivity contribution is 0.145. The Morgan fingerprint density at radius 3 is 2.33 bits per heavy atom. The molecule has 2 N–H and O–H groups in total. The fourth-order valence-electron chi connectivity index (χ4n) is 2.37. The van der Waals surface area contributed by atoms with Gasteiger partial charge in [-0.25, -0.2) is 0 Å². The first-order chi connectivity index (χ1) is 12.8. The molecule has 5 nitrogen and oxygen atoms in total. The van der Waals surface area contributed by atoms with Crippen molar-refractivity contribution in [3.63, 3.8) is 0 Å². The standard InChI is InChI=1S/C21H29N3O2.HI/c1-3-25-15-7-14-23-21(22-2)24-16-18-10-12-19(13-11-18)17-26-20-8-5-4-6-9-20;/h4-6,8-13H,3,7,14-17H2,1-2H3,(H2,22,23,24);1H. The molecule has 148 valence electrons. The minimum atomic E-state index is 0. The molecule has 0 fully saturated rings. The van der Waals surface area contributed by atoms with Gasteiger partial charge in [-0.05, 0) is 36.6 Å². The van der Waals surface area contributed by atoms with Gasteiger partial charge < -0.3 is 20.1 Å². The molecular weight excluding hydrogens is 453 g/mol. The Morgan fingerprint density at radius 1 is 0.963 bits per heavy atom. The molecule has 2 aromatic rings. The van der Waals surface area contributed by atoms with Crippen molar-refractivity contribution in [2.75, 3.05) is 26.8 Å². The maximum Gasteiger partial charge on any atom is 0.191 e. The Kier molecular flexibility index (Phi) is 12.3. The third-order valence-corrected chi connectivity index (χ3v) is 3.82. The largest absolute Gasteiger partial charge is 0.489 e. The van der Waals surface area contributed by atoms with Gasteiger partial charge >= 0.3 is 0 Å². The zero-order valence-electron chi connectivity index (χ0n) is 16.1. The second-order valence-electron chi connectivity index (χ2n) is 5.82. The Morgan fingerprint density at radius 2 is 1.67 bits per heavy atom. The summed E-state index contributed by atoms with van der Waals surface area (Å²) in [5.41, 5.74) is 2.35. The van der Waals surface area contributed by atoms with Crippen LogP contribution in [0.2, 0.25) is 0 Å². The van der Waals surface area contributed by atoms with Crippen LogP contribution in [0.25, 0.3) is 0 Å². The van der Waals surface area contributed by atoms with Crippen molar-refractivity contribution in [2.24, 2.45) is 4.99 Å². The predicted octanol–water partition coefficient (Wildman–Crippen LogP) is 3.98. The lowest BCUT2D eigenvalue weighted by Crippen LogP contribution is -2.37. The molecule has 0 bridgehead atoms. The van der Waals surface area contributed by atoms with Crippen molar-refractivity contribution in [1.29, 1.82) is 0 Å². The van der Waals surface area contributed by atoms with E-state index in [2.05, 4.69) is 39.9 Å². The highest BCUT2D eigenvalue weighted by molar-refractivity contribution is 14.0. The summed E-state index contributed by atoms with van der Waals surface area (Å²) in [6.07, 6.45) is 0.963. The number of rotatable bonds is 10. The number of nitrogens with one attached hydrogen (secondary N) is 2. The number of ether oxygens (including phenoxy) is 2. The maximum absolute atomic E-state index is 5.76. The van der Waals surface area contributed by atoms with Gasteiger partial charge in [0.2, 0.25) is 0 Å². The summed E-state index contributed by atoms with van der Waals surface area (Å²) >= 11 is 0. The molecular formula is C21H30IN3O2. The van der Waals surface area contributed by atoms with Crippen molar-refractivity contribution in [3.8, 4) is 5.75 Å². The van der Waals surface area contributed by atoms with Crippen molar-refractivity contribution in [3.05, 3.63) is 65.7 Å². The molecule has 6 heteroatoms. The third-order valence-electron chi connectivity index (χ3n) is 3.82. The van der Waals surface area contributed by atoms with Crippen LogP contribution in [0.3, 0.4) is 0 Å². The van der Waals surface area contributed by atoms with Crippen LogP contribution in [0.4, 0.5) is 0 Å². The summed E-state index contributed by atoms with van der Waals surface area (Å²) in [6.45, 7) is 5.68. The average molecular weight is 483 g/mol. The number of guanidine groups is 1. The zero-order chi connectivity index (χ0) is 18.5. The Hall–Kier alpha value is -1.80. The molecule has 0 atom stereocenters. The molecule has 0 saturated heterocycles. The SMILES string of the molecule is CCOCCCNC(=NC)NCc1ccc(COc2ccccc2)cc1.I. The van der Waals surface area contributed by atoms with Gasteiger partial charge in [-0.15, -0.1) is 24.0 Å². The van der Waals surface area contributed by atoms with Crippen LogP contribution >= 0.6 is 24.0 Å². The second-order valence-corrected chi connectivity index (χ2v) is 5.82. The van der Waals surface area contributed by atoms with E-state index in [-0.39, 0.29) is 24.0 Å². The van der Waals surface area contributed by atoms with Gasteiger partial charge in [0.15, 0.2) is 5.96 Å². The summed E-state index contributed by atoms with van der Waals surface area (Å²) in [5, 5.41) is 6.61. The fourth-order valence-corrected chi connectivity index (χ4v) is 2.37. The molecule has 0 aliphatic rings. The molecule has 2 aromatic carbocycles. The van der Waals surface area contributed by atoms with Crippen LogP contribution in [0.5, 0.6) is 5.75 Å². The van der Waals surface area contributed by atoms with E-state index in [0.717, 1.165) is 50.0 Å². The van der Waals surface area contributed by atoms with Crippen LogP contribution in [-0.2, 0) is 17.9 Å². The lowest BCUT2D eigenvalue weighted by Gasteiger charge is -2.12. The summed E-state index contributed by atoms with van der Waals surface area (Å²) in [5.74, 6) is 1.69. The summed E-state index contributed by atoms with van der Waals surface area (Å²) in [4.78, 5) is 4.24. The molecule has 0 radical (unpaired) electrons. The number of halogens is 1. The van der Waals surface area contributed by atoms with Crippen LogP contribution in [0.15, 0.2) is 59.6 Å². The summed E-state index contributed by atoms with van der Waals surface area (Å²) < 4.78 is 11.1. The molecule has 0 aromatic heterocycles. The Balaban J connectivity index is 0.00000364. The van der Waals surface area contributed by atoms with E-state index in [1.165, 1.54) is 5.56 Å². The maximum atomic E-state index is 5.76. The van der Waals surface area contributed by atoms with Gasteiger partial charge in [0, 0.05) is 33.4 Å². The van der Waals surface area contributed by atoms with E-state index in [1.807, 2.05) is 37.3 Å². The Bertz CT molecular complexity index is 648. The monoisotopic (exact) mass is 483 g/mol. The van der Waals surface area contributed by atoms with E-state index >= 15 is 0 Å². The highest BCUT2D eigenvalue weighted by Crippen LogP contribution is 2.12. The summed E-state index contributed by atoms with van der Waals surface area (Å²) in [6, 6.07) is 18.3.